The molecule has 1 rings (SSSR count). The smallest absolute Gasteiger partial charge is 0.240 e. The highest BCUT2D eigenvalue weighted by molar-refractivity contribution is 5.86. The lowest BCUT2D eigenvalue weighted by molar-refractivity contribution is -0.133. The summed E-state index contributed by atoms with van der Waals surface area (Å²) in [6.45, 7) is 7.41. The predicted octanol–water partition coefficient (Wildman–Crippen LogP) is 0.489. The summed E-state index contributed by atoms with van der Waals surface area (Å²) in [6.07, 6.45) is 2.25. The van der Waals surface area contributed by atoms with Gasteiger partial charge in [0, 0.05) is 25.0 Å². The van der Waals surface area contributed by atoms with E-state index in [1.54, 1.807) is 4.90 Å². The van der Waals surface area contributed by atoms with E-state index in [0.29, 0.717) is 25.4 Å². The SMILES string of the molecule is CC(C)CC(C)(CN)NC(=O)CN1CCCC1=O. The number of likely N-dealkylation sites (tertiary alicyclic amines) is 1. The lowest BCUT2D eigenvalue weighted by atomic mass is 9.91. The summed E-state index contributed by atoms with van der Waals surface area (Å²) in [6, 6.07) is 0. The van der Waals surface area contributed by atoms with Crippen LogP contribution < -0.4 is 11.1 Å². The molecule has 0 bridgehead atoms. The highest BCUT2D eigenvalue weighted by atomic mass is 16.2. The van der Waals surface area contributed by atoms with Gasteiger partial charge in [-0.3, -0.25) is 9.59 Å². The van der Waals surface area contributed by atoms with Gasteiger partial charge in [-0.2, -0.15) is 0 Å². The van der Waals surface area contributed by atoms with E-state index in [0.717, 1.165) is 12.8 Å². The zero-order valence-electron chi connectivity index (χ0n) is 11.7. The van der Waals surface area contributed by atoms with Crippen LogP contribution in [-0.4, -0.2) is 41.9 Å². The Morgan fingerprint density at radius 2 is 2.22 bits per heavy atom. The van der Waals surface area contributed by atoms with Gasteiger partial charge < -0.3 is 16.0 Å². The third-order valence-corrected chi connectivity index (χ3v) is 3.26. The first-order valence-corrected chi connectivity index (χ1v) is 6.65. The van der Waals surface area contributed by atoms with Crippen LogP contribution in [0.2, 0.25) is 0 Å². The second-order valence-corrected chi connectivity index (χ2v) is 5.83. The van der Waals surface area contributed by atoms with Crippen molar-refractivity contribution in [2.75, 3.05) is 19.6 Å². The molecule has 0 saturated carbocycles. The Hall–Kier alpha value is -1.10. The number of nitrogens with zero attached hydrogens (tertiary/aromatic N) is 1. The maximum Gasteiger partial charge on any atom is 0.240 e. The fourth-order valence-corrected chi connectivity index (χ4v) is 2.51. The van der Waals surface area contributed by atoms with Crippen LogP contribution >= 0.6 is 0 Å². The van der Waals surface area contributed by atoms with Gasteiger partial charge in [0.05, 0.1) is 6.54 Å². The van der Waals surface area contributed by atoms with Crippen LogP contribution in [-0.2, 0) is 9.59 Å². The van der Waals surface area contributed by atoms with E-state index in [2.05, 4.69) is 19.2 Å². The van der Waals surface area contributed by atoms with Crippen LogP contribution in [0.25, 0.3) is 0 Å². The van der Waals surface area contributed by atoms with Crippen LogP contribution in [0, 0.1) is 5.92 Å². The van der Waals surface area contributed by atoms with Crippen LogP contribution in [0.1, 0.15) is 40.0 Å². The number of carbonyl (C=O) groups excluding carboxylic acids is 2. The minimum absolute atomic E-state index is 0.0726. The van der Waals surface area contributed by atoms with Crippen LogP contribution in [0.5, 0.6) is 0 Å². The molecule has 1 unspecified atom stereocenters. The van der Waals surface area contributed by atoms with Crippen LogP contribution in [0.4, 0.5) is 0 Å². The molecule has 1 atom stereocenters. The average Bonchev–Trinajstić information content (AvgIpc) is 2.63. The van der Waals surface area contributed by atoms with Gasteiger partial charge in [-0.25, -0.2) is 0 Å². The highest BCUT2D eigenvalue weighted by Gasteiger charge is 2.28. The van der Waals surface area contributed by atoms with E-state index in [4.69, 9.17) is 5.73 Å². The summed E-state index contributed by atoms with van der Waals surface area (Å²) in [5.74, 6) is 0.426. The normalized spacial score (nSPS) is 19.2. The van der Waals surface area contributed by atoms with Gasteiger partial charge in [0.15, 0.2) is 0 Å². The van der Waals surface area contributed by atoms with Gasteiger partial charge in [0.25, 0.3) is 0 Å². The fraction of sp³-hybridized carbons (Fsp3) is 0.846. The summed E-state index contributed by atoms with van der Waals surface area (Å²) in [4.78, 5) is 25.0. The molecule has 0 aromatic rings. The van der Waals surface area contributed by atoms with E-state index in [1.807, 2.05) is 6.92 Å². The quantitative estimate of drug-likeness (QED) is 0.725. The molecule has 18 heavy (non-hydrogen) atoms. The van der Waals surface area contributed by atoms with Gasteiger partial charge >= 0.3 is 0 Å². The van der Waals surface area contributed by atoms with Crippen molar-refractivity contribution in [1.82, 2.24) is 10.2 Å². The molecular weight excluding hydrogens is 230 g/mol. The first-order chi connectivity index (χ1) is 8.36. The fourth-order valence-electron chi connectivity index (χ4n) is 2.51. The van der Waals surface area contributed by atoms with E-state index >= 15 is 0 Å². The standard InChI is InChI=1S/C13H25N3O2/c1-10(2)7-13(3,9-14)15-11(17)8-16-6-4-5-12(16)18/h10H,4-9,14H2,1-3H3,(H,15,17). The Bertz CT molecular complexity index is 317. The maximum absolute atomic E-state index is 11.9. The lowest BCUT2D eigenvalue weighted by Crippen LogP contribution is -2.54. The third kappa shape index (κ3) is 4.29. The van der Waals surface area contributed by atoms with E-state index < -0.39 is 0 Å². The third-order valence-electron chi connectivity index (χ3n) is 3.26. The van der Waals surface area contributed by atoms with Crippen molar-refractivity contribution in [2.24, 2.45) is 11.7 Å². The molecular formula is C13H25N3O2. The van der Waals surface area contributed by atoms with Crippen molar-refractivity contribution < 1.29 is 9.59 Å². The summed E-state index contributed by atoms with van der Waals surface area (Å²) in [5.41, 5.74) is 5.36. The summed E-state index contributed by atoms with van der Waals surface area (Å²) in [7, 11) is 0. The van der Waals surface area contributed by atoms with Crippen LogP contribution in [0.3, 0.4) is 0 Å². The molecule has 1 fully saturated rings. The minimum Gasteiger partial charge on any atom is -0.348 e. The zero-order valence-corrected chi connectivity index (χ0v) is 11.7. The Kier molecular flexibility index (Phi) is 5.14. The molecule has 2 amide bonds. The monoisotopic (exact) mass is 255 g/mol. The van der Waals surface area contributed by atoms with Gasteiger partial charge in [0.1, 0.15) is 0 Å². The number of hydrogen-bond acceptors (Lipinski definition) is 3. The van der Waals surface area contributed by atoms with Gasteiger partial charge in [-0.1, -0.05) is 13.8 Å². The van der Waals surface area contributed by atoms with Gasteiger partial charge in [-0.05, 0) is 25.7 Å². The van der Waals surface area contributed by atoms with Crippen molar-refractivity contribution in [3.63, 3.8) is 0 Å². The lowest BCUT2D eigenvalue weighted by Gasteiger charge is -2.32. The van der Waals surface area contributed by atoms with Crippen molar-refractivity contribution in [3.8, 4) is 0 Å². The van der Waals surface area contributed by atoms with Crippen molar-refractivity contribution in [3.05, 3.63) is 0 Å². The summed E-state index contributed by atoms with van der Waals surface area (Å²) < 4.78 is 0. The van der Waals surface area contributed by atoms with Gasteiger partial charge in [0.2, 0.25) is 11.8 Å². The zero-order chi connectivity index (χ0) is 13.8. The number of nitrogens with two attached hydrogens (primary N) is 1. The molecule has 1 saturated heterocycles. The molecule has 5 nitrogen and oxygen atoms in total. The first kappa shape index (κ1) is 15.0. The predicted molar refractivity (Wildman–Crippen MR) is 70.9 cm³/mol. The highest BCUT2D eigenvalue weighted by Crippen LogP contribution is 2.15. The van der Waals surface area contributed by atoms with E-state index in [1.165, 1.54) is 0 Å². The Morgan fingerprint density at radius 1 is 1.56 bits per heavy atom. The number of rotatable bonds is 6. The Labute approximate surface area is 109 Å². The van der Waals surface area contributed by atoms with Crippen molar-refractivity contribution in [2.45, 2.75) is 45.6 Å². The summed E-state index contributed by atoms with van der Waals surface area (Å²) in [5, 5.41) is 2.96. The molecule has 0 radical (unpaired) electrons. The largest absolute Gasteiger partial charge is 0.348 e. The molecule has 0 aliphatic carbocycles. The molecule has 1 aliphatic heterocycles. The number of nitrogens with one attached hydrogen (secondary N) is 1. The van der Waals surface area contributed by atoms with Gasteiger partial charge in [-0.15, -0.1) is 0 Å². The first-order valence-electron chi connectivity index (χ1n) is 6.65. The average molecular weight is 255 g/mol. The van der Waals surface area contributed by atoms with Crippen LogP contribution in [0.15, 0.2) is 0 Å². The van der Waals surface area contributed by atoms with E-state index in [9.17, 15) is 9.59 Å². The second-order valence-electron chi connectivity index (χ2n) is 5.83. The number of hydrogen-bond donors (Lipinski definition) is 2. The molecule has 0 aromatic carbocycles. The molecule has 104 valence electrons. The molecule has 0 aromatic heterocycles. The Balaban J connectivity index is 2.49. The molecule has 1 aliphatic rings. The Morgan fingerprint density at radius 3 is 2.67 bits per heavy atom. The topological polar surface area (TPSA) is 75.4 Å². The molecule has 3 N–H and O–H groups in total. The second kappa shape index (κ2) is 6.18. The van der Waals surface area contributed by atoms with Crippen molar-refractivity contribution in [1.29, 1.82) is 0 Å². The molecule has 0 spiro atoms. The molecule has 5 heteroatoms. The molecule has 1 heterocycles. The van der Waals surface area contributed by atoms with E-state index in [-0.39, 0.29) is 23.9 Å². The minimum atomic E-state index is -0.381. The maximum atomic E-state index is 11.9. The number of carbonyl (C=O) groups is 2. The van der Waals surface area contributed by atoms with Crippen molar-refractivity contribution >= 4 is 11.8 Å². The number of amides is 2. The summed E-state index contributed by atoms with van der Waals surface area (Å²) >= 11 is 0.